The smallest absolute Gasteiger partial charge is 0.113 e. The molecular formula is C14H12N2. The molecule has 0 aliphatic carbocycles. The Balaban J connectivity index is 2.34. The zero-order valence-electron chi connectivity index (χ0n) is 9.07. The summed E-state index contributed by atoms with van der Waals surface area (Å²) < 4.78 is 0. The van der Waals surface area contributed by atoms with E-state index in [1.54, 1.807) is 6.20 Å². The highest BCUT2D eigenvalue weighted by Gasteiger charge is 1.94. The van der Waals surface area contributed by atoms with Gasteiger partial charge in [0.05, 0.1) is 0 Å². The molecule has 16 heavy (non-hydrogen) atoms. The number of aromatic nitrogens is 1. The van der Waals surface area contributed by atoms with Crippen LogP contribution in [0.5, 0.6) is 0 Å². The molecule has 0 fully saturated rings. The molecule has 0 amide bonds. The van der Waals surface area contributed by atoms with Gasteiger partial charge in [0.15, 0.2) is 0 Å². The predicted octanol–water partition coefficient (Wildman–Crippen LogP) is 2.37. The predicted molar refractivity (Wildman–Crippen MR) is 65.8 cm³/mol. The Bertz CT molecular complexity index is 548. The van der Waals surface area contributed by atoms with Crippen LogP contribution in [0.15, 0.2) is 42.6 Å². The average Bonchev–Trinajstić information content (AvgIpc) is 2.32. The number of anilines is 1. The van der Waals surface area contributed by atoms with Gasteiger partial charge in [-0.15, -0.1) is 0 Å². The Hall–Kier alpha value is -2.27. The van der Waals surface area contributed by atoms with Crippen LogP contribution in [0.1, 0.15) is 16.8 Å². The van der Waals surface area contributed by atoms with E-state index in [-0.39, 0.29) is 0 Å². The lowest BCUT2D eigenvalue weighted by molar-refractivity contribution is 1.29. The summed E-state index contributed by atoms with van der Waals surface area (Å²) in [4.78, 5) is 4.13. The standard InChI is InChI=1S/C14H12N2/c1-11-5-8-14(15)12(10-11)6-7-13-4-2-3-9-16-13/h2-5,8-10H,15H2,1H3. The van der Waals surface area contributed by atoms with Crippen molar-refractivity contribution >= 4 is 5.69 Å². The van der Waals surface area contributed by atoms with Crippen molar-refractivity contribution in [3.8, 4) is 11.8 Å². The minimum absolute atomic E-state index is 0.703. The highest BCUT2D eigenvalue weighted by Crippen LogP contribution is 2.12. The van der Waals surface area contributed by atoms with Crippen LogP contribution in [0.4, 0.5) is 5.69 Å². The molecule has 0 aliphatic rings. The first kappa shape index (κ1) is 10.3. The molecule has 78 valence electrons. The third kappa shape index (κ3) is 2.40. The second-order valence-corrected chi connectivity index (χ2v) is 3.56. The number of aryl methyl sites for hydroxylation is 1. The minimum Gasteiger partial charge on any atom is -0.398 e. The second-order valence-electron chi connectivity index (χ2n) is 3.56. The number of nitrogen functional groups attached to an aromatic ring is 1. The maximum atomic E-state index is 5.83. The number of benzene rings is 1. The Morgan fingerprint density at radius 3 is 2.75 bits per heavy atom. The molecular weight excluding hydrogens is 196 g/mol. The van der Waals surface area contributed by atoms with Gasteiger partial charge < -0.3 is 5.73 Å². The molecule has 0 atom stereocenters. The molecule has 1 heterocycles. The van der Waals surface area contributed by atoms with Gasteiger partial charge in [-0.2, -0.15) is 0 Å². The molecule has 2 N–H and O–H groups in total. The van der Waals surface area contributed by atoms with Crippen molar-refractivity contribution < 1.29 is 0 Å². The molecule has 0 spiro atoms. The number of nitrogens with zero attached hydrogens (tertiary/aromatic N) is 1. The molecule has 0 unspecified atom stereocenters. The zero-order chi connectivity index (χ0) is 11.4. The summed E-state index contributed by atoms with van der Waals surface area (Å²) >= 11 is 0. The summed E-state index contributed by atoms with van der Waals surface area (Å²) in [5.41, 5.74) is 9.29. The van der Waals surface area contributed by atoms with E-state index in [4.69, 9.17) is 5.73 Å². The average molecular weight is 208 g/mol. The molecule has 1 aromatic heterocycles. The van der Waals surface area contributed by atoms with Gasteiger partial charge in [0.1, 0.15) is 5.69 Å². The number of pyridine rings is 1. The van der Waals surface area contributed by atoms with Gasteiger partial charge in [0, 0.05) is 17.4 Å². The molecule has 1 aromatic carbocycles. The van der Waals surface area contributed by atoms with E-state index < -0.39 is 0 Å². The second kappa shape index (κ2) is 4.50. The van der Waals surface area contributed by atoms with E-state index in [9.17, 15) is 0 Å². The van der Waals surface area contributed by atoms with Crippen molar-refractivity contribution in [2.45, 2.75) is 6.92 Å². The van der Waals surface area contributed by atoms with Gasteiger partial charge in [-0.3, -0.25) is 0 Å². The lowest BCUT2D eigenvalue weighted by Gasteiger charge is -1.98. The molecule has 2 aromatic rings. The Morgan fingerprint density at radius 1 is 1.12 bits per heavy atom. The molecule has 0 bridgehead atoms. The summed E-state index contributed by atoms with van der Waals surface area (Å²) in [5.74, 6) is 6.02. The summed E-state index contributed by atoms with van der Waals surface area (Å²) in [6.07, 6.45) is 1.73. The summed E-state index contributed by atoms with van der Waals surface area (Å²) in [6, 6.07) is 11.5. The normalized spacial score (nSPS) is 9.31. The van der Waals surface area contributed by atoms with Crippen LogP contribution in [0.2, 0.25) is 0 Å². The maximum Gasteiger partial charge on any atom is 0.113 e. The monoisotopic (exact) mass is 208 g/mol. The van der Waals surface area contributed by atoms with Crippen molar-refractivity contribution in [2.75, 3.05) is 5.73 Å². The van der Waals surface area contributed by atoms with Crippen LogP contribution in [-0.2, 0) is 0 Å². The third-order valence-corrected chi connectivity index (χ3v) is 2.20. The van der Waals surface area contributed by atoms with E-state index in [2.05, 4.69) is 16.8 Å². The van der Waals surface area contributed by atoms with Gasteiger partial charge in [-0.05, 0) is 42.7 Å². The molecule has 0 radical (unpaired) electrons. The lowest BCUT2D eigenvalue weighted by Crippen LogP contribution is -1.90. The quantitative estimate of drug-likeness (QED) is 0.533. The van der Waals surface area contributed by atoms with E-state index >= 15 is 0 Å². The Morgan fingerprint density at radius 2 is 2.00 bits per heavy atom. The van der Waals surface area contributed by atoms with Gasteiger partial charge in [-0.25, -0.2) is 4.98 Å². The fourth-order valence-corrected chi connectivity index (χ4v) is 1.35. The van der Waals surface area contributed by atoms with Crippen molar-refractivity contribution in [3.63, 3.8) is 0 Å². The summed E-state index contributed by atoms with van der Waals surface area (Å²) in [7, 11) is 0. The lowest BCUT2D eigenvalue weighted by atomic mass is 10.1. The molecule has 0 aliphatic heterocycles. The summed E-state index contributed by atoms with van der Waals surface area (Å²) in [6.45, 7) is 2.02. The topological polar surface area (TPSA) is 38.9 Å². The van der Waals surface area contributed by atoms with E-state index in [0.29, 0.717) is 5.69 Å². The van der Waals surface area contributed by atoms with Crippen LogP contribution in [0.3, 0.4) is 0 Å². The maximum absolute atomic E-state index is 5.83. The van der Waals surface area contributed by atoms with E-state index in [0.717, 1.165) is 16.8 Å². The first-order valence-electron chi connectivity index (χ1n) is 5.05. The first-order chi connectivity index (χ1) is 7.75. The van der Waals surface area contributed by atoms with Gasteiger partial charge in [0.2, 0.25) is 0 Å². The van der Waals surface area contributed by atoms with Gasteiger partial charge >= 0.3 is 0 Å². The van der Waals surface area contributed by atoms with Crippen molar-refractivity contribution in [1.29, 1.82) is 0 Å². The molecule has 0 saturated carbocycles. The molecule has 2 heteroatoms. The minimum atomic E-state index is 0.703. The SMILES string of the molecule is Cc1ccc(N)c(C#Cc2ccccn2)c1. The van der Waals surface area contributed by atoms with Gasteiger partial charge in [-0.1, -0.05) is 18.1 Å². The fourth-order valence-electron chi connectivity index (χ4n) is 1.35. The Kier molecular flexibility index (Phi) is 2.88. The van der Waals surface area contributed by atoms with Gasteiger partial charge in [0.25, 0.3) is 0 Å². The van der Waals surface area contributed by atoms with E-state index in [1.165, 1.54) is 0 Å². The molecule has 2 rings (SSSR count). The van der Waals surface area contributed by atoms with Crippen LogP contribution in [0.25, 0.3) is 0 Å². The number of hydrogen-bond donors (Lipinski definition) is 1. The van der Waals surface area contributed by atoms with Crippen molar-refractivity contribution in [3.05, 3.63) is 59.4 Å². The number of hydrogen-bond acceptors (Lipinski definition) is 2. The highest BCUT2D eigenvalue weighted by molar-refractivity contribution is 5.58. The highest BCUT2D eigenvalue weighted by atomic mass is 14.6. The third-order valence-electron chi connectivity index (χ3n) is 2.20. The molecule has 2 nitrogen and oxygen atoms in total. The van der Waals surface area contributed by atoms with E-state index in [1.807, 2.05) is 43.3 Å². The fraction of sp³-hybridized carbons (Fsp3) is 0.0714. The molecule has 0 saturated heterocycles. The van der Waals surface area contributed by atoms with Crippen molar-refractivity contribution in [1.82, 2.24) is 4.98 Å². The largest absolute Gasteiger partial charge is 0.398 e. The van der Waals surface area contributed by atoms with Crippen LogP contribution >= 0.6 is 0 Å². The Labute approximate surface area is 95.1 Å². The summed E-state index contributed by atoms with van der Waals surface area (Å²) in [5, 5.41) is 0. The number of rotatable bonds is 0. The first-order valence-corrected chi connectivity index (χ1v) is 5.05. The number of nitrogens with two attached hydrogens (primary N) is 1. The van der Waals surface area contributed by atoms with Crippen LogP contribution < -0.4 is 5.73 Å². The van der Waals surface area contributed by atoms with Crippen LogP contribution in [-0.4, -0.2) is 4.98 Å². The zero-order valence-corrected chi connectivity index (χ0v) is 9.07. The van der Waals surface area contributed by atoms with Crippen molar-refractivity contribution in [2.24, 2.45) is 0 Å². The van der Waals surface area contributed by atoms with Crippen LogP contribution in [0, 0.1) is 18.8 Å².